The topological polar surface area (TPSA) is 85.3 Å². The molecule has 1 aliphatic rings. The average molecular weight is 437 g/mol. The first kappa shape index (κ1) is 23.1. The summed E-state index contributed by atoms with van der Waals surface area (Å²) in [6.07, 6.45) is 3.99. The molecular weight excluding hydrogens is 410 g/mol. The second-order valence-electron chi connectivity index (χ2n) is 7.35. The first-order chi connectivity index (χ1) is 15.4. The number of nitrogens with zero attached hydrogens (tertiary/aromatic N) is 1. The molecule has 2 amide bonds. The Hall–Kier alpha value is -3.58. The van der Waals surface area contributed by atoms with E-state index in [1.807, 2.05) is 19.1 Å². The molecule has 0 aromatic heterocycles. The van der Waals surface area contributed by atoms with Crippen molar-refractivity contribution in [2.24, 2.45) is 0 Å². The predicted octanol–water partition coefficient (Wildman–Crippen LogP) is 3.45. The lowest BCUT2D eigenvalue weighted by Gasteiger charge is -2.27. The summed E-state index contributed by atoms with van der Waals surface area (Å²) in [6, 6.07) is 10.7. The maximum atomic E-state index is 12.9. The molecule has 1 unspecified atom stereocenters. The summed E-state index contributed by atoms with van der Waals surface area (Å²) in [5, 5.41) is 10.7. The van der Waals surface area contributed by atoms with E-state index in [-0.39, 0.29) is 12.1 Å². The van der Waals surface area contributed by atoms with E-state index in [0.717, 1.165) is 10.5 Å². The van der Waals surface area contributed by atoms with Gasteiger partial charge < -0.3 is 19.3 Å². The smallest absolute Gasteiger partial charge is 0.259 e. The average Bonchev–Trinajstić information content (AvgIpc) is 2.81. The van der Waals surface area contributed by atoms with E-state index >= 15 is 0 Å². The van der Waals surface area contributed by atoms with Gasteiger partial charge in [0, 0.05) is 18.2 Å². The van der Waals surface area contributed by atoms with Crippen molar-refractivity contribution in [3.63, 3.8) is 0 Å². The van der Waals surface area contributed by atoms with Gasteiger partial charge in [0.05, 0.1) is 21.3 Å². The Morgan fingerprint density at radius 2 is 1.69 bits per heavy atom. The maximum Gasteiger partial charge on any atom is 0.259 e. The standard InChI is InChI=1S/C25H27NO6/c1-16-7-10-18(11-8-16)23(28)19-6-5-13-26(25(19)29)22(27)12-9-17-14-20(30-2)24(32-4)21(15-17)31-3/h6-12,14-15,23,28H,5,13H2,1-4H3/b12-9+. The molecule has 168 valence electrons. The van der Waals surface area contributed by atoms with Crippen molar-refractivity contribution in [2.75, 3.05) is 27.9 Å². The van der Waals surface area contributed by atoms with Crippen LogP contribution in [0.1, 0.15) is 29.2 Å². The van der Waals surface area contributed by atoms with E-state index in [4.69, 9.17) is 14.2 Å². The third kappa shape index (κ3) is 4.84. The number of aryl methyl sites for hydroxylation is 1. The largest absolute Gasteiger partial charge is 0.493 e. The quantitative estimate of drug-likeness (QED) is 0.668. The third-order valence-electron chi connectivity index (χ3n) is 5.27. The zero-order valence-electron chi connectivity index (χ0n) is 18.6. The lowest BCUT2D eigenvalue weighted by atomic mass is 9.96. The van der Waals surface area contributed by atoms with Gasteiger partial charge in [0.25, 0.3) is 11.8 Å². The number of amides is 2. The highest BCUT2D eigenvalue weighted by Gasteiger charge is 2.30. The van der Waals surface area contributed by atoms with Crippen LogP contribution in [0.3, 0.4) is 0 Å². The van der Waals surface area contributed by atoms with Crippen LogP contribution in [0.15, 0.2) is 54.1 Å². The van der Waals surface area contributed by atoms with Crippen LogP contribution >= 0.6 is 0 Å². The molecule has 0 aliphatic carbocycles. The van der Waals surface area contributed by atoms with Crippen LogP contribution in [0, 0.1) is 6.92 Å². The first-order valence-corrected chi connectivity index (χ1v) is 10.2. The normalized spacial score (nSPS) is 14.8. The summed E-state index contributed by atoms with van der Waals surface area (Å²) in [5.74, 6) is 0.401. The Kier molecular flexibility index (Phi) is 7.33. The second kappa shape index (κ2) is 10.2. The lowest BCUT2D eigenvalue weighted by Crippen LogP contribution is -2.41. The van der Waals surface area contributed by atoms with Crippen molar-refractivity contribution in [1.82, 2.24) is 4.90 Å². The van der Waals surface area contributed by atoms with Gasteiger partial charge >= 0.3 is 0 Å². The minimum Gasteiger partial charge on any atom is -0.493 e. The van der Waals surface area contributed by atoms with Gasteiger partial charge in [-0.1, -0.05) is 35.9 Å². The molecular formula is C25H27NO6. The maximum absolute atomic E-state index is 12.9. The molecule has 32 heavy (non-hydrogen) atoms. The molecule has 0 bridgehead atoms. The number of carbonyl (C=O) groups is 2. The van der Waals surface area contributed by atoms with E-state index in [0.29, 0.717) is 34.8 Å². The fraction of sp³-hybridized carbons (Fsp3) is 0.280. The predicted molar refractivity (Wildman–Crippen MR) is 121 cm³/mol. The molecule has 7 heteroatoms. The van der Waals surface area contributed by atoms with Gasteiger partial charge in [0.15, 0.2) is 11.5 Å². The molecule has 7 nitrogen and oxygen atoms in total. The number of imide groups is 1. The molecule has 0 saturated carbocycles. The minimum atomic E-state index is -1.09. The van der Waals surface area contributed by atoms with Crippen molar-refractivity contribution in [3.8, 4) is 17.2 Å². The van der Waals surface area contributed by atoms with Crippen LogP contribution in [0.2, 0.25) is 0 Å². The molecule has 2 aromatic rings. The van der Waals surface area contributed by atoms with Crippen LogP contribution in [0.25, 0.3) is 6.08 Å². The number of hydrogen-bond donors (Lipinski definition) is 1. The summed E-state index contributed by atoms with van der Waals surface area (Å²) < 4.78 is 16.0. The summed E-state index contributed by atoms with van der Waals surface area (Å²) in [6.45, 7) is 2.20. The van der Waals surface area contributed by atoms with E-state index in [1.54, 1.807) is 36.4 Å². The zero-order chi connectivity index (χ0) is 23.3. The van der Waals surface area contributed by atoms with Crippen molar-refractivity contribution in [3.05, 3.63) is 70.8 Å². The van der Waals surface area contributed by atoms with Crippen LogP contribution in [0.4, 0.5) is 0 Å². The highest BCUT2D eigenvalue weighted by Crippen LogP contribution is 2.38. The Morgan fingerprint density at radius 3 is 2.25 bits per heavy atom. The summed E-state index contributed by atoms with van der Waals surface area (Å²) in [4.78, 5) is 26.9. The van der Waals surface area contributed by atoms with Crippen molar-refractivity contribution >= 4 is 17.9 Å². The van der Waals surface area contributed by atoms with Crippen LogP contribution in [0.5, 0.6) is 17.2 Å². The number of hydrogen-bond acceptors (Lipinski definition) is 6. The number of rotatable bonds is 7. The fourth-order valence-electron chi connectivity index (χ4n) is 3.52. The van der Waals surface area contributed by atoms with Gasteiger partial charge in [-0.25, -0.2) is 0 Å². The molecule has 1 atom stereocenters. The molecule has 0 radical (unpaired) electrons. The third-order valence-corrected chi connectivity index (χ3v) is 5.27. The van der Waals surface area contributed by atoms with E-state index < -0.39 is 17.9 Å². The summed E-state index contributed by atoms with van der Waals surface area (Å²) in [5.41, 5.74) is 2.51. The molecule has 3 rings (SSSR count). The van der Waals surface area contributed by atoms with Crippen LogP contribution in [-0.2, 0) is 9.59 Å². The number of carbonyl (C=O) groups excluding carboxylic acids is 2. The molecule has 1 heterocycles. The Labute approximate surface area is 187 Å². The van der Waals surface area contributed by atoms with Crippen LogP contribution in [-0.4, -0.2) is 49.7 Å². The number of aliphatic hydroxyl groups is 1. The number of methoxy groups -OCH3 is 3. The van der Waals surface area contributed by atoms with Crippen molar-refractivity contribution in [2.45, 2.75) is 19.4 Å². The van der Waals surface area contributed by atoms with Gasteiger partial charge in [-0.3, -0.25) is 14.5 Å². The molecule has 2 aromatic carbocycles. The Balaban J connectivity index is 1.78. The lowest BCUT2D eigenvalue weighted by molar-refractivity contribution is -0.140. The molecule has 1 N–H and O–H groups in total. The number of aliphatic hydroxyl groups excluding tert-OH is 1. The summed E-state index contributed by atoms with van der Waals surface area (Å²) in [7, 11) is 4.53. The van der Waals surface area contributed by atoms with Gasteiger partial charge in [0.2, 0.25) is 5.75 Å². The molecule has 0 spiro atoms. The van der Waals surface area contributed by atoms with Crippen LogP contribution < -0.4 is 14.2 Å². The van der Waals surface area contributed by atoms with Gasteiger partial charge in [-0.05, 0) is 42.7 Å². The molecule has 0 fully saturated rings. The van der Waals surface area contributed by atoms with Crippen molar-refractivity contribution in [1.29, 1.82) is 0 Å². The highest BCUT2D eigenvalue weighted by atomic mass is 16.5. The number of ether oxygens (including phenoxy) is 3. The fourth-order valence-corrected chi connectivity index (χ4v) is 3.52. The first-order valence-electron chi connectivity index (χ1n) is 10.2. The summed E-state index contributed by atoms with van der Waals surface area (Å²) >= 11 is 0. The van der Waals surface area contributed by atoms with Gasteiger partial charge in [0.1, 0.15) is 6.10 Å². The second-order valence-corrected chi connectivity index (χ2v) is 7.35. The minimum absolute atomic E-state index is 0.203. The monoisotopic (exact) mass is 437 g/mol. The van der Waals surface area contributed by atoms with Crippen molar-refractivity contribution < 1.29 is 28.9 Å². The zero-order valence-corrected chi connectivity index (χ0v) is 18.6. The SMILES string of the molecule is COc1cc(/C=C/C(=O)N2CCC=C(C(O)c3ccc(C)cc3)C2=O)cc(OC)c1OC. The highest BCUT2D eigenvalue weighted by molar-refractivity contribution is 6.09. The number of benzene rings is 2. The molecule has 1 aliphatic heterocycles. The van der Waals surface area contributed by atoms with E-state index in [9.17, 15) is 14.7 Å². The molecule has 0 saturated heterocycles. The Bertz CT molecular complexity index is 1030. The van der Waals surface area contributed by atoms with Gasteiger partial charge in [-0.2, -0.15) is 0 Å². The van der Waals surface area contributed by atoms with E-state index in [2.05, 4.69) is 0 Å². The van der Waals surface area contributed by atoms with Gasteiger partial charge in [-0.15, -0.1) is 0 Å². The Morgan fingerprint density at radius 1 is 1.06 bits per heavy atom. The van der Waals surface area contributed by atoms with E-state index in [1.165, 1.54) is 27.4 Å².